The van der Waals surface area contributed by atoms with Crippen LogP contribution in [0.2, 0.25) is 0 Å². The second-order valence-corrected chi connectivity index (χ2v) is 5.71. The van der Waals surface area contributed by atoms with Gasteiger partial charge in [0.15, 0.2) is 0 Å². The number of fused-ring (bicyclic) bond motifs is 1. The molecule has 2 aromatic rings. The van der Waals surface area contributed by atoms with Crippen LogP contribution in [0.5, 0.6) is 0 Å². The summed E-state index contributed by atoms with van der Waals surface area (Å²) in [5, 5.41) is 8.21. The molecule has 1 saturated carbocycles. The molecule has 0 amide bonds. The van der Waals surface area contributed by atoms with Crippen LogP contribution in [0, 0.1) is 0 Å². The van der Waals surface area contributed by atoms with Crippen LogP contribution in [0.4, 0.5) is 0 Å². The molecule has 1 aliphatic rings. The average molecular weight is 281 g/mol. The normalized spacial score (nSPS) is 18.3. The predicted octanol–water partition coefficient (Wildman–Crippen LogP) is 1.95. The van der Waals surface area contributed by atoms with E-state index in [0.717, 1.165) is 24.8 Å². The quantitative estimate of drug-likeness (QED) is 0.900. The number of benzene rings is 1. The van der Waals surface area contributed by atoms with E-state index < -0.39 is 0 Å². The largest absolute Gasteiger partial charge is 0.324 e. The molecule has 5 heteroatoms. The van der Waals surface area contributed by atoms with Crippen LogP contribution < -0.4 is 5.73 Å². The number of nitrogens with two attached hydrogens (primary N) is 1. The lowest BCUT2D eigenvalue weighted by molar-refractivity contribution is 0.240. The highest BCUT2D eigenvalue weighted by molar-refractivity contribution is 5.85. The monoisotopic (exact) mass is 280 g/mol. The first-order chi connectivity index (χ1) is 8.58. The molecule has 1 aromatic carbocycles. The maximum absolute atomic E-state index is 6.37. The molecule has 3 N–H and O–H groups in total. The Kier molecular flexibility index (Phi) is 3.85. The minimum atomic E-state index is 0. The van der Waals surface area contributed by atoms with Gasteiger partial charge in [-0.15, -0.1) is 12.4 Å². The van der Waals surface area contributed by atoms with Gasteiger partial charge in [0.25, 0.3) is 0 Å². The standard InChI is InChI=1S/C14H20N4.ClH/c1-18(2)13(14(15)5-6-14)8-10-3-4-12-11(7-10)9-16-17-12;/h3-4,7,9,13H,5-6,8,15H2,1-2H3,(H,16,17);1H. The van der Waals surface area contributed by atoms with Gasteiger partial charge < -0.3 is 10.6 Å². The summed E-state index contributed by atoms with van der Waals surface area (Å²) in [6.07, 6.45) is 5.16. The van der Waals surface area contributed by atoms with Crippen molar-refractivity contribution >= 4 is 23.3 Å². The minimum Gasteiger partial charge on any atom is -0.324 e. The van der Waals surface area contributed by atoms with Crippen LogP contribution in [0.25, 0.3) is 10.9 Å². The minimum absolute atomic E-state index is 0. The Bertz CT molecular complexity index is 559. The Morgan fingerprint density at radius 3 is 2.79 bits per heavy atom. The molecule has 0 spiro atoms. The van der Waals surface area contributed by atoms with E-state index >= 15 is 0 Å². The van der Waals surface area contributed by atoms with Crippen LogP contribution in [0.3, 0.4) is 0 Å². The molecule has 3 rings (SSSR count). The van der Waals surface area contributed by atoms with Crippen LogP contribution in [-0.4, -0.2) is 40.8 Å². The van der Waals surface area contributed by atoms with E-state index in [1.54, 1.807) is 0 Å². The first kappa shape index (κ1) is 14.3. The summed E-state index contributed by atoms with van der Waals surface area (Å²) in [6.45, 7) is 0. The van der Waals surface area contributed by atoms with Gasteiger partial charge >= 0.3 is 0 Å². The molecule has 104 valence electrons. The van der Waals surface area contributed by atoms with Gasteiger partial charge in [-0.25, -0.2) is 0 Å². The van der Waals surface area contributed by atoms with Crippen LogP contribution in [0.1, 0.15) is 18.4 Å². The Labute approximate surface area is 119 Å². The molecular formula is C14H21ClN4. The molecule has 1 heterocycles. The predicted molar refractivity (Wildman–Crippen MR) is 80.7 cm³/mol. The van der Waals surface area contributed by atoms with Gasteiger partial charge in [0, 0.05) is 17.0 Å². The van der Waals surface area contributed by atoms with Crippen molar-refractivity contribution < 1.29 is 0 Å². The Balaban J connectivity index is 0.00000133. The van der Waals surface area contributed by atoms with Crippen molar-refractivity contribution in [2.24, 2.45) is 5.73 Å². The van der Waals surface area contributed by atoms with E-state index in [1.165, 1.54) is 10.9 Å². The van der Waals surface area contributed by atoms with Crippen molar-refractivity contribution in [3.8, 4) is 0 Å². The number of halogens is 1. The number of hydrogen-bond acceptors (Lipinski definition) is 3. The summed E-state index contributed by atoms with van der Waals surface area (Å²) >= 11 is 0. The fourth-order valence-corrected chi connectivity index (χ4v) is 2.72. The lowest BCUT2D eigenvalue weighted by Crippen LogP contribution is -2.47. The summed E-state index contributed by atoms with van der Waals surface area (Å²) in [5.74, 6) is 0. The molecule has 0 saturated heterocycles. The van der Waals surface area contributed by atoms with Crippen molar-refractivity contribution in [1.82, 2.24) is 15.1 Å². The molecule has 1 unspecified atom stereocenters. The molecule has 1 fully saturated rings. The Morgan fingerprint density at radius 2 is 2.16 bits per heavy atom. The van der Waals surface area contributed by atoms with E-state index in [9.17, 15) is 0 Å². The van der Waals surface area contributed by atoms with Gasteiger partial charge in [0.05, 0.1) is 11.7 Å². The van der Waals surface area contributed by atoms with Crippen LogP contribution in [0.15, 0.2) is 24.4 Å². The van der Waals surface area contributed by atoms with Crippen molar-refractivity contribution in [2.45, 2.75) is 30.8 Å². The first-order valence-corrected chi connectivity index (χ1v) is 6.46. The van der Waals surface area contributed by atoms with Crippen molar-refractivity contribution in [1.29, 1.82) is 0 Å². The van der Waals surface area contributed by atoms with Crippen LogP contribution >= 0.6 is 12.4 Å². The third kappa shape index (κ3) is 2.76. The van der Waals surface area contributed by atoms with Gasteiger partial charge in [0.2, 0.25) is 0 Å². The van der Waals surface area contributed by atoms with Crippen molar-refractivity contribution in [2.75, 3.05) is 14.1 Å². The van der Waals surface area contributed by atoms with Gasteiger partial charge in [0.1, 0.15) is 0 Å². The second-order valence-electron chi connectivity index (χ2n) is 5.71. The number of likely N-dealkylation sites (N-methyl/N-ethyl adjacent to an activating group) is 1. The highest BCUT2D eigenvalue weighted by atomic mass is 35.5. The Hall–Kier alpha value is -1.10. The fourth-order valence-electron chi connectivity index (χ4n) is 2.72. The molecule has 0 radical (unpaired) electrons. The average Bonchev–Trinajstić information content (AvgIpc) is 2.91. The number of aromatic nitrogens is 2. The zero-order valence-electron chi connectivity index (χ0n) is 11.4. The van der Waals surface area contributed by atoms with E-state index in [1.807, 2.05) is 6.20 Å². The van der Waals surface area contributed by atoms with Gasteiger partial charge in [-0.1, -0.05) is 6.07 Å². The number of rotatable bonds is 4. The van der Waals surface area contributed by atoms with E-state index in [-0.39, 0.29) is 17.9 Å². The van der Waals surface area contributed by atoms with Crippen LogP contribution in [-0.2, 0) is 6.42 Å². The van der Waals surface area contributed by atoms with E-state index in [4.69, 9.17) is 5.73 Å². The van der Waals surface area contributed by atoms with E-state index in [2.05, 4.69) is 47.4 Å². The molecular weight excluding hydrogens is 260 g/mol. The molecule has 0 bridgehead atoms. The van der Waals surface area contributed by atoms with Gasteiger partial charge in [-0.2, -0.15) is 5.10 Å². The summed E-state index contributed by atoms with van der Waals surface area (Å²) in [5.41, 5.74) is 8.82. The second kappa shape index (κ2) is 5.12. The zero-order valence-corrected chi connectivity index (χ0v) is 12.2. The number of nitrogens with zero attached hydrogens (tertiary/aromatic N) is 2. The highest BCUT2D eigenvalue weighted by Gasteiger charge is 2.46. The fraction of sp³-hybridized carbons (Fsp3) is 0.500. The molecule has 0 aliphatic heterocycles. The lowest BCUT2D eigenvalue weighted by atomic mass is 9.96. The smallest absolute Gasteiger partial charge is 0.0650 e. The molecule has 1 aromatic heterocycles. The maximum Gasteiger partial charge on any atom is 0.0650 e. The summed E-state index contributed by atoms with van der Waals surface area (Å²) in [6, 6.07) is 6.89. The molecule has 1 aliphatic carbocycles. The summed E-state index contributed by atoms with van der Waals surface area (Å²) < 4.78 is 0. The number of nitrogens with one attached hydrogen (secondary N) is 1. The maximum atomic E-state index is 6.37. The lowest BCUT2D eigenvalue weighted by Gasteiger charge is -2.30. The number of hydrogen-bond donors (Lipinski definition) is 2. The number of H-pyrrole nitrogens is 1. The van der Waals surface area contributed by atoms with Gasteiger partial charge in [-0.05, 0) is 51.1 Å². The highest BCUT2D eigenvalue weighted by Crippen LogP contribution is 2.39. The first-order valence-electron chi connectivity index (χ1n) is 6.46. The molecule has 1 atom stereocenters. The Morgan fingerprint density at radius 1 is 1.42 bits per heavy atom. The third-order valence-electron chi connectivity index (χ3n) is 4.05. The molecule has 4 nitrogen and oxygen atoms in total. The topological polar surface area (TPSA) is 57.9 Å². The van der Waals surface area contributed by atoms with Crippen molar-refractivity contribution in [3.63, 3.8) is 0 Å². The van der Waals surface area contributed by atoms with E-state index in [0.29, 0.717) is 6.04 Å². The summed E-state index contributed by atoms with van der Waals surface area (Å²) in [7, 11) is 4.24. The van der Waals surface area contributed by atoms with Gasteiger partial charge in [-0.3, -0.25) is 5.10 Å². The number of aromatic amines is 1. The summed E-state index contributed by atoms with van der Waals surface area (Å²) in [4.78, 5) is 2.26. The SMILES string of the molecule is CN(C)C(Cc1ccc2[nH]ncc2c1)C1(N)CC1.Cl. The third-order valence-corrected chi connectivity index (χ3v) is 4.05. The zero-order chi connectivity index (χ0) is 12.8. The van der Waals surface area contributed by atoms with Crippen molar-refractivity contribution in [3.05, 3.63) is 30.0 Å². The molecule has 19 heavy (non-hydrogen) atoms.